The van der Waals surface area contributed by atoms with Crippen LogP contribution in [-0.4, -0.2) is 41.1 Å². The highest BCUT2D eigenvalue weighted by atomic mass is 32.1. The van der Waals surface area contributed by atoms with Gasteiger partial charge in [0.2, 0.25) is 5.91 Å². The molecule has 1 unspecified atom stereocenters. The Balaban J connectivity index is 2.61. The van der Waals surface area contributed by atoms with Crippen LogP contribution in [-0.2, 0) is 4.79 Å². The van der Waals surface area contributed by atoms with Gasteiger partial charge in [-0.3, -0.25) is 9.69 Å². The lowest BCUT2D eigenvalue weighted by Gasteiger charge is -2.26. The standard InChI is InChI=1S/C13H19N3O2S/c1-9(2)16(7-10(3)17)8-12(18)15-13-11(6-14)4-5-19-13/h4-5,9-10,17H,7-8H2,1-3H3,(H,15,18). The van der Waals surface area contributed by atoms with Gasteiger partial charge >= 0.3 is 0 Å². The molecule has 0 saturated carbocycles. The molecule has 104 valence electrons. The van der Waals surface area contributed by atoms with Gasteiger partial charge < -0.3 is 10.4 Å². The van der Waals surface area contributed by atoms with Crippen LogP contribution < -0.4 is 5.32 Å². The van der Waals surface area contributed by atoms with Gasteiger partial charge in [0.05, 0.1) is 18.2 Å². The average Bonchev–Trinajstić information content (AvgIpc) is 2.74. The summed E-state index contributed by atoms with van der Waals surface area (Å²) in [6.07, 6.45) is -0.480. The molecule has 0 aliphatic heterocycles. The number of carbonyl (C=O) groups excluding carboxylic acids is 1. The fraction of sp³-hybridized carbons (Fsp3) is 0.538. The Hall–Kier alpha value is -1.42. The predicted molar refractivity (Wildman–Crippen MR) is 76.1 cm³/mol. The second-order valence-corrected chi connectivity index (χ2v) is 5.61. The maximum Gasteiger partial charge on any atom is 0.239 e. The molecule has 0 aliphatic rings. The third-order valence-corrected chi connectivity index (χ3v) is 3.44. The van der Waals surface area contributed by atoms with E-state index in [0.717, 1.165) is 0 Å². The molecule has 0 spiro atoms. The molecule has 1 atom stereocenters. The molecule has 1 rings (SSSR count). The van der Waals surface area contributed by atoms with Gasteiger partial charge in [0.1, 0.15) is 11.1 Å². The Labute approximate surface area is 117 Å². The molecule has 2 N–H and O–H groups in total. The van der Waals surface area contributed by atoms with Crippen molar-refractivity contribution in [3.63, 3.8) is 0 Å². The molecular formula is C13H19N3O2S. The van der Waals surface area contributed by atoms with Crippen LogP contribution in [0.1, 0.15) is 26.3 Å². The van der Waals surface area contributed by atoms with E-state index in [2.05, 4.69) is 5.32 Å². The van der Waals surface area contributed by atoms with Gasteiger partial charge in [-0.25, -0.2) is 0 Å². The van der Waals surface area contributed by atoms with E-state index in [1.807, 2.05) is 24.8 Å². The SMILES string of the molecule is CC(O)CN(CC(=O)Nc1sccc1C#N)C(C)C. The van der Waals surface area contributed by atoms with Crippen molar-refractivity contribution in [2.24, 2.45) is 0 Å². The van der Waals surface area contributed by atoms with Crippen molar-refractivity contribution in [3.05, 3.63) is 17.0 Å². The third kappa shape index (κ3) is 4.99. The second-order valence-electron chi connectivity index (χ2n) is 4.70. The summed E-state index contributed by atoms with van der Waals surface area (Å²) in [7, 11) is 0. The van der Waals surface area contributed by atoms with Gasteiger partial charge in [-0.15, -0.1) is 11.3 Å². The van der Waals surface area contributed by atoms with Gasteiger partial charge in [-0.05, 0) is 32.2 Å². The molecule has 1 aromatic heterocycles. The van der Waals surface area contributed by atoms with Gasteiger partial charge in [0.15, 0.2) is 0 Å². The van der Waals surface area contributed by atoms with Crippen molar-refractivity contribution in [1.82, 2.24) is 4.90 Å². The Morgan fingerprint density at radius 1 is 1.58 bits per heavy atom. The number of nitrogens with one attached hydrogen (secondary N) is 1. The van der Waals surface area contributed by atoms with E-state index in [-0.39, 0.29) is 18.5 Å². The lowest BCUT2D eigenvalue weighted by molar-refractivity contribution is -0.118. The summed E-state index contributed by atoms with van der Waals surface area (Å²) < 4.78 is 0. The molecule has 6 heteroatoms. The minimum absolute atomic E-state index is 0.166. The molecule has 0 radical (unpaired) electrons. The molecular weight excluding hydrogens is 262 g/mol. The fourth-order valence-corrected chi connectivity index (χ4v) is 2.40. The topological polar surface area (TPSA) is 76.4 Å². The number of carbonyl (C=O) groups is 1. The molecule has 0 fully saturated rings. The quantitative estimate of drug-likeness (QED) is 0.831. The number of aliphatic hydroxyl groups is 1. The van der Waals surface area contributed by atoms with Crippen molar-refractivity contribution in [2.45, 2.75) is 32.9 Å². The minimum atomic E-state index is -0.480. The van der Waals surface area contributed by atoms with Crippen LogP contribution in [0.4, 0.5) is 5.00 Å². The first-order chi connectivity index (χ1) is 8.93. The number of amides is 1. The molecule has 19 heavy (non-hydrogen) atoms. The van der Waals surface area contributed by atoms with Crippen LogP contribution in [0.5, 0.6) is 0 Å². The Morgan fingerprint density at radius 3 is 2.79 bits per heavy atom. The minimum Gasteiger partial charge on any atom is -0.392 e. The lowest BCUT2D eigenvalue weighted by Crippen LogP contribution is -2.41. The Morgan fingerprint density at radius 2 is 2.26 bits per heavy atom. The van der Waals surface area contributed by atoms with E-state index in [1.165, 1.54) is 11.3 Å². The Bertz CT molecular complexity index is 463. The van der Waals surface area contributed by atoms with Gasteiger partial charge in [0.25, 0.3) is 0 Å². The maximum absolute atomic E-state index is 11.9. The number of hydrogen-bond donors (Lipinski definition) is 2. The van der Waals surface area contributed by atoms with Gasteiger partial charge in [-0.1, -0.05) is 0 Å². The normalized spacial score (nSPS) is 12.5. The van der Waals surface area contributed by atoms with E-state index in [1.54, 1.807) is 18.4 Å². The molecule has 0 aromatic carbocycles. The first-order valence-corrected chi connectivity index (χ1v) is 7.01. The molecule has 1 heterocycles. The molecule has 0 bridgehead atoms. The number of nitriles is 1. The first-order valence-electron chi connectivity index (χ1n) is 6.13. The number of hydrogen-bond acceptors (Lipinski definition) is 5. The summed E-state index contributed by atoms with van der Waals surface area (Å²) in [5.74, 6) is -0.173. The third-order valence-electron chi connectivity index (χ3n) is 2.61. The summed E-state index contributed by atoms with van der Waals surface area (Å²) in [4.78, 5) is 13.8. The zero-order chi connectivity index (χ0) is 14.4. The van der Waals surface area contributed by atoms with E-state index < -0.39 is 6.10 Å². The van der Waals surface area contributed by atoms with Crippen LogP contribution in [0.25, 0.3) is 0 Å². The second kappa shape index (κ2) is 7.24. The number of rotatable bonds is 6. The van der Waals surface area contributed by atoms with Crippen molar-refractivity contribution in [1.29, 1.82) is 5.26 Å². The highest BCUT2D eigenvalue weighted by molar-refractivity contribution is 7.14. The largest absolute Gasteiger partial charge is 0.392 e. The average molecular weight is 281 g/mol. The number of thiophene rings is 1. The van der Waals surface area contributed by atoms with E-state index in [4.69, 9.17) is 5.26 Å². The maximum atomic E-state index is 11.9. The van der Waals surface area contributed by atoms with E-state index in [0.29, 0.717) is 17.1 Å². The zero-order valence-electron chi connectivity index (χ0n) is 11.4. The monoisotopic (exact) mass is 281 g/mol. The van der Waals surface area contributed by atoms with Crippen LogP contribution >= 0.6 is 11.3 Å². The first kappa shape index (κ1) is 15.6. The molecule has 0 saturated heterocycles. The summed E-state index contributed by atoms with van der Waals surface area (Å²) in [5, 5.41) is 23.4. The van der Waals surface area contributed by atoms with Crippen molar-refractivity contribution in [3.8, 4) is 6.07 Å². The highest BCUT2D eigenvalue weighted by Crippen LogP contribution is 2.22. The predicted octanol–water partition coefficient (Wildman–Crippen LogP) is 1.65. The smallest absolute Gasteiger partial charge is 0.239 e. The lowest BCUT2D eigenvalue weighted by atomic mass is 10.2. The fourth-order valence-electron chi connectivity index (χ4n) is 1.64. The van der Waals surface area contributed by atoms with Gasteiger partial charge in [-0.2, -0.15) is 5.26 Å². The number of aliphatic hydroxyl groups excluding tert-OH is 1. The summed E-state index contributed by atoms with van der Waals surface area (Å²) in [5.41, 5.74) is 0.477. The summed E-state index contributed by atoms with van der Waals surface area (Å²) >= 11 is 1.33. The van der Waals surface area contributed by atoms with Crippen LogP contribution in [0.3, 0.4) is 0 Å². The zero-order valence-corrected chi connectivity index (χ0v) is 12.2. The van der Waals surface area contributed by atoms with Crippen LogP contribution in [0.2, 0.25) is 0 Å². The molecule has 5 nitrogen and oxygen atoms in total. The summed E-state index contributed by atoms with van der Waals surface area (Å²) in [6, 6.07) is 3.87. The van der Waals surface area contributed by atoms with Crippen molar-refractivity contribution in [2.75, 3.05) is 18.4 Å². The van der Waals surface area contributed by atoms with E-state index in [9.17, 15) is 9.90 Å². The van der Waals surface area contributed by atoms with E-state index >= 15 is 0 Å². The number of anilines is 1. The summed E-state index contributed by atoms with van der Waals surface area (Å²) in [6.45, 7) is 6.29. The van der Waals surface area contributed by atoms with Gasteiger partial charge in [0, 0.05) is 12.6 Å². The van der Waals surface area contributed by atoms with Crippen molar-refractivity contribution < 1.29 is 9.90 Å². The molecule has 1 aromatic rings. The van der Waals surface area contributed by atoms with Crippen LogP contribution in [0.15, 0.2) is 11.4 Å². The van der Waals surface area contributed by atoms with Crippen LogP contribution in [0, 0.1) is 11.3 Å². The number of nitrogens with zero attached hydrogens (tertiary/aromatic N) is 2. The highest BCUT2D eigenvalue weighted by Gasteiger charge is 2.17. The Kier molecular flexibility index (Phi) is 5.96. The molecule has 0 aliphatic carbocycles. The van der Waals surface area contributed by atoms with Crippen molar-refractivity contribution >= 4 is 22.2 Å². The molecule has 1 amide bonds.